The van der Waals surface area contributed by atoms with E-state index in [-0.39, 0.29) is 21.4 Å². The highest BCUT2D eigenvalue weighted by atomic mass is 35.5. The molecule has 2 heterocycles. The summed E-state index contributed by atoms with van der Waals surface area (Å²) in [5.74, 6) is -0.379. The van der Waals surface area contributed by atoms with Gasteiger partial charge in [-0.3, -0.25) is 4.79 Å². The molecule has 0 saturated carbocycles. The van der Waals surface area contributed by atoms with Crippen LogP contribution in [0.5, 0.6) is 0 Å². The van der Waals surface area contributed by atoms with Crippen molar-refractivity contribution in [1.82, 2.24) is 5.32 Å². The molecular weight excluding hydrogens is 323 g/mol. The Bertz CT molecular complexity index is 585. The summed E-state index contributed by atoms with van der Waals surface area (Å²) in [4.78, 5) is 13.5. The molecular formula is C13H13Cl3N2O2. The van der Waals surface area contributed by atoms with Crippen LogP contribution in [0, 0.1) is 0 Å². The van der Waals surface area contributed by atoms with Gasteiger partial charge in [0, 0.05) is 18.5 Å². The van der Waals surface area contributed by atoms with Crippen molar-refractivity contribution in [2.24, 2.45) is 0 Å². The number of halogens is 3. The minimum atomic E-state index is -0.556. The predicted octanol–water partition coefficient (Wildman–Crippen LogP) is 2.22. The Kier molecular flexibility index (Phi) is 3.63. The van der Waals surface area contributed by atoms with Crippen LogP contribution >= 0.6 is 34.8 Å². The maximum atomic E-state index is 12.0. The summed E-state index contributed by atoms with van der Waals surface area (Å²) in [6, 6.07) is 1.79. The van der Waals surface area contributed by atoms with Crippen LogP contribution in [0.25, 0.3) is 0 Å². The van der Waals surface area contributed by atoms with E-state index in [4.69, 9.17) is 39.9 Å². The van der Waals surface area contributed by atoms with Crippen molar-refractivity contribution in [1.29, 1.82) is 0 Å². The van der Waals surface area contributed by atoms with Crippen LogP contribution in [-0.2, 0) is 10.2 Å². The van der Waals surface area contributed by atoms with Crippen molar-refractivity contribution in [2.75, 3.05) is 31.1 Å². The third-order valence-electron chi connectivity index (χ3n) is 4.12. The van der Waals surface area contributed by atoms with Crippen molar-refractivity contribution in [3.8, 4) is 0 Å². The Hall–Kier alpha value is -0.520. The van der Waals surface area contributed by atoms with Gasteiger partial charge in [-0.15, -0.1) is 0 Å². The number of rotatable bonds is 1. The second-order valence-corrected chi connectivity index (χ2v) is 6.39. The number of fused-ring (bicyclic) bond motifs is 2. The highest BCUT2D eigenvalue weighted by Crippen LogP contribution is 2.51. The Morgan fingerprint density at radius 3 is 2.75 bits per heavy atom. The van der Waals surface area contributed by atoms with Gasteiger partial charge in [-0.2, -0.15) is 0 Å². The lowest BCUT2D eigenvalue weighted by atomic mass is 9.82. The highest BCUT2D eigenvalue weighted by Gasteiger charge is 2.48. The van der Waals surface area contributed by atoms with Gasteiger partial charge in [0.1, 0.15) is 6.61 Å². The van der Waals surface area contributed by atoms with E-state index in [1.54, 1.807) is 6.07 Å². The van der Waals surface area contributed by atoms with Gasteiger partial charge in [-0.05, 0) is 24.6 Å². The van der Waals surface area contributed by atoms with Crippen molar-refractivity contribution < 1.29 is 9.90 Å². The first kappa shape index (κ1) is 14.4. The van der Waals surface area contributed by atoms with E-state index in [2.05, 4.69) is 5.32 Å². The van der Waals surface area contributed by atoms with Gasteiger partial charge in [0.05, 0.1) is 20.8 Å². The average Bonchev–Trinajstić information content (AvgIpc) is 3.03. The molecule has 108 valence electrons. The third-order valence-corrected chi connectivity index (χ3v) is 5.37. The second-order valence-electron chi connectivity index (χ2n) is 5.23. The first-order valence-electron chi connectivity index (χ1n) is 6.30. The topological polar surface area (TPSA) is 52.6 Å². The van der Waals surface area contributed by atoms with E-state index in [9.17, 15) is 4.79 Å². The number of carbonyl (C=O) groups is 1. The fourth-order valence-corrected chi connectivity index (χ4v) is 3.83. The van der Waals surface area contributed by atoms with E-state index in [0.717, 1.165) is 25.1 Å². The largest absolute Gasteiger partial charge is 0.387 e. The van der Waals surface area contributed by atoms with Crippen molar-refractivity contribution >= 4 is 46.4 Å². The molecule has 1 spiro atoms. The zero-order valence-electron chi connectivity index (χ0n) is 10.5. The van der Waals surface area contributed by atoms with Crippen LogP contribution in [0.2, 0.25) is 15.1 Å². The van der Waals surface area contributed by atoms with E-state index >= 15 is 0 Å². The summed E-state index contributed by atoms with van der Waals surface area (Å²) in [6.07, 6.45) is 0.892. The fraction of sp³-hybridized carbons (Fsp3) is 0.462. The number of hydrogen-bond donors (Lipinski definition) is 2. The first-order valence-corrected chi connectivity index (χ1v) is 7.43. The zero-order chi connectivity index (χ0) is 14.5. The van der Waals surface area contributed by atoms with Gasteiger partial charge in [0.15, 0.2) is 0 Å². The Labute approximate surface area is 131 Å². The lowest BCUT2D eigenvalue weighted by molar-refractivity contribution is -0.121. The van der Waals surface area contributed by atoms with Crippen LogP contribution in [-0.4, -0.2) is 37.3 Å². The summed E-state index contributed by atoms with van der Waals surface area (Å²) >= 11 is 18.5. The molecule has 1 fully saturated rings. The molecule has 2 aliphatic heterocycles. The first-order chi connectivity index (χ1) is 9.50. The molecule has 0 radical (unpaired) electrons. The molecule has 1 saturated heterocycles. The Morgan fingerprint density at radius 1 is 1.40 bits per heavy atom. The van der Waals surface area contributed by atoms with Gasteiger partial charge in [0.2, 0.25) is 0 Å². The van der Waals surface area contributed by atoms with Gasteiger partial charge < -0.3 is 15.3 Å². The summed E-state index contributed by atoms with van der Waals surface area (Å²) < 4.78 is 0. The lowest BCUT2D eigenvalue weighted by Crippen LogP contribution is -2.39. The SMILES string of the molecule is O=C(CO)N1C[C@@]2(CCNC2)c2cc(Cl)c(Cl)c(Cl)c21. The fourth-order valence-electron chi connectivity index (χ4n) is 3.13. The molecule has 0 aromatic heterocycles. The maximum absolute atomic E-state index is 12.0. The number of benzene rings is 1. The number of nitrogens with zero attached hydrogens (tertiary/aromatic N) is 1. The van der Waals surface area contributed by atoms with Crippen molar-refractivity contribution in [3.05, 3.63) is 26.7 Å². The Morgan fingerprint density at radius 2 is 2.15 bits per heavy atom. The molecule has 20 heavy (non-hydrogen) atoms. The molecule has 1 atom stereocenters. The summed E-state index contributed by atoms with van der Waals surface area (Å²) in [5, 5.41) is 13.4. The molecule has 1 aromatic rings. The summed E-state index contributed by atoms with van der Waals surface area (Å²) in [5.41, 5.74) is 1.32. The number of aliphatic hydroxyl groups is 1. The van der Waals surface area contributed by atoms with Crippen LogP contribution in [0.1, 0.15) is 12.0 Å². The minimum Gasteiger partial charge on any atom is -0.387 e. The number of nitrogens with one attached hydrogen (secondary N) is 1. The van der Waals surface area contributed by atoms with Gasteiger partial charge in [-0.25, -0.2) is 0 Å². The molecule has 4 nitrogen and oxygen atoms in total. The highest BCUT2D eigenvalue weighted by molar-refractivity contribution is 6.49. The number of amides is 1. The monoisotopic (exact) mass is 334 g/mol. The smallest absolute Gasteiger partial charge is 0.252 e. The van der Waals surface area contributed by atoms with Crippen LogP contribution < -0.4 is 10.2 Å². The molecule has 0 aliphatic carbocycles. The quantitative estimate of drug-likeness (QED) is 0.774. The van der Waals surface area contributed by atoms with Crippen LogP contribution in [0.15, 0.2) is 6.07 Å². The molecule has 2 aliphatic rings. The number of hydrogen-bond acceptors (Lipinski definition) is 3. The molecule has 0 unspecified atom stereocenters. The van der Waals surface area contributed by atoms with E-state index in [0.29, 0.717) is 17.3 Å². The van der Waals surface area contributed by atoms with Crippen molar-refractivity contribution in [2.45, 2.75) is 11.8 Å². The molecule has 7 heteroatoms. The van der Waals surface area contributed by atoms with E-state index < -0.39 is 6.61 Å². The number of anilines is 1. The van der Waals surface area contributed by atoms with Crippen LogP contribution in [0.3, 0.4) is 0 Å². The Balaban J connectivity index is 2.21. The van der Waals surface area contributed by atoms with Crippen molar-refractivity contribution in [3.63, 3.8) is 0 Å². The average molecular weight is 336 g/mol. The maximum Gasteiger partial charge on any atom is 0.252 e. The second kappa shape index (κ2) is 5.04. The minimum absolute atomic E-state index is 0.196. The molecule has 1 amide bonds. The summed E-state index contributed by atoms with van der Waals surface area (Å²) in [6.45, 7) is 1.56. The zero-order valence-corrected chi connectivity index (χ0v) is 12.8. The predicted molar refractivity (Wildman–Crippen MR) is 80.1 cm³/mol. The van der Waals surface area contributed by atoms with Crippen LogP contribution in [0.4, 0.5) is 5.69 Å². The third kappa shape index (κ3) is 1.94. The van der Waals surface area contributed by atoms with Gasteiger partial charge >= 0.3 is 0 Å². The normalized spacial score (nSPS) is 24.5. The molecule has 3 rings (SSSR count). The number of aliphatic hydroxyl groups excluding tert-OH is 1. The van der Waals surface area contributed by atoms with E-state index in [1.807, 2.05) is 0 Å². The number of carbonyl (C=O) groups excluding carboxylic acids is 1. The standard InChI is InChI=1S/C13H13Cl3N2O2/c14-8-3-7-12(11(16)10(8)15)18(9(20)4-19)6-13(7)1-2-17-5-13/h3,17,19H,1-2,4-6H2/t13-/m0/s1. The molecule has 1 aromatic carbocycles. The van der Waals surface area contributed by atoms with Gasteiger partial charge in [0.25, 0.3) is 5.91 Å². The van der Waals surface area contributed by atoms with Gasteiger partial charge in [-0.1, -0.05) is 34.8 Å². The lowest BCUT2D eigenvalue weighted by Gasteiger charge is -2.23. The summed E-state index contributed by atoms with van der Waals surface area (Å²) in [7, 11) is 0. The molecule has 2 N–H and O–H groups in total. The van der Waals surface area contributed by atoms with E-state index in [1.165, 1.54) is 4.90 Å². The molecule has 0 bridgehead atoms.